The van der Waals surface area contributed by atoms with E-state index in [-0.39, 0.29) is 19.2 Å². The minimum Gasteiger partial charge on any atom is -0.456 e. The van der Waals surface area contributed by atoms with Crippen LogP contribution in [0.5, 0.6) is 6.01 Å². The second-order valence-electron chi connectivity index (χ2n) is 7.38. The minimum atomic E-state index is -0.937. The predicted octanol–water partition coefficient (Wildman–Crippen LogP) is 3.44. The lowest BCUT2D eigenvalue weighted by molar-refractivity contribution is -0.00390. The minimum absolute atomic E-state index is 0.163. The number of fused-ring (bicyclic) bond motifs is 1. The summed E-state index contributed by atoms with van der Waals surface area (Å²) in [5.41, 5.74) is 4.82. The summed E-state index contributed by atoms with van der Waals surface area (Å²) in [6, 6.07) is 20.1. The predicted molar refractivity (Wildman–Crippen MR) is 117 cm³/mol. The van der Waals surface area contributed by atoms with Gasteiger partial charge < -0.3 is 24.7 Å². The van der Waals surface area contributed by atoms with Gasteiger partial charge in [-0.25, -0.2) is 4.98 Å². The topological polar surface area (TPSA) is 100 Å². The third-order valence-corrected chi connectivity index (χ3v) is 5.64. The Balaban J connectivity index is 1.41. The summed E-state index contributed by atoms with van der Waals surface area (Å²) in [5, 5.41) is 19.8. The zero-order chi connectivity index (χ0) is 21.4. The molecule has 0 bridgehead atoms. The number of rotatable bonds is 5. The fourth-order valence-electron chi connectivity index (χ4n) is 3.67. The van der Waals surface area contributed by atoms with Gasteiger partial charge >= 0.3 is 0 Å². The Morgan fingerprint density at radius 2 is 1.74 bits per heavy atom. The van der Waals surface area contributed by atoms with Crippen molar-refractivity contribution in [2.75, 3.05) is 13.2 Å². The van der Waals surface area contributed by atoms with Gasteiger partial charge in [0, 0.05) is 5.56 Å². The maximum absolute atomic E-state index is 10.1. The Kier molecular flexibility index (Phi) is 5.33. The van der Waals surface area contributed by atoms with Gasteiger partial charge in [-0.05, 0) is 17.2 Å². The van der Waals surface area contributed by atoms with Gasteiger partial charge in [-0.2, -0.15) is 4.98 Å². The van der Waals surface area contributed by atoms with E-state index in [2.05, 4.69) is 27.1 Å². The van der Waals surface area contributed by atoms with E-state index in [0.717, 1.165) is 16.7 Å². The Morgan fingerprint density at radius 3 is 2.45 bits per heavy atom. The molecule has 1 aliphatic rings. The summed E-state index contributed by atoms with van der Waals surface area (Å²) in [4.78, 5) is 12.0. The monoisotopic (exact) mass is 437 g/mol. The van der Waals surface area contributed by atoms with Crippen LogP contribution in [-0.4, -0.2) is 56.7 Å². The Labute approximate surface area is 183 Å². The zero-order valence-corrected chi connectivity index (χ0v) is 17.2. The molecule has 31 heavy (non-hydrogen) atoms. The summed E-state index contributed by atoms with van der Waals surface area (Å²) < 4.78 is 11.0. The first-order chi connectivity index (χ1) is 15.1. The lowest BCUT2D eigenvalue weighted by Crippen LogP contribution is -2.36. The zero-order valence-electron chi connectivity index (χ0n) is 16.4. The van der Waals surface area contributed by atoms with Gasteiger partial charge in [0.1, 0.15) is 12.2 Å². The van der Waals surface area contributed by atoms with E-state index in [1.165, 1.54) is 0 Å². The number of halogens is 1. The molecule has 3 atom stereocenters. The van der Waals surface area contributed by atoms with Gasteiger partial charge in [0.15, 0.2) is 11.8 Å². The van der Waals surface area contributed by atoms with Crippen molar-refractivity contribution in [3.8, 4) is 28.4 Å². The van der Waals surface area contributed by atoms with Gasteiger partial charge in [0.25, 0.3) is 6.01 Å². The number of benzene rings is 2. The summed E-state index contributed by atoms with van der Waals surface area (Å²) in [6.07, 6.45) is -2.22. The molecule has 2 aromatic carbocycles. The highest BCUT2D eigenvalue weighted by atomic mass is 35.5. The van der Waals surface area contributed by atoms with Crippen LogP contribution in [-0.2, 0) is 4.74 Å². The van der Waals surface area contributed by atoms with Crippen molar-refractivity contribution < 1.29 is 19.7 Å². The van der Waals surface area contributed by atoms with Crippen LogP contribution >= 0.6 is 11.6 Å². The number of hydrogen-bond donors (Lipinski definition) is 3. The molecule has 4 aromatic rings. The number of imidazole rings is 1. The number of ether oxygens (including phenoxy) is 2. The maximum atomic E-state index is 10.1. The summed E-state index contributed by atoms with van der Waals surface area (Å²) >= 11 is 6.50. The fraction of sp³-hybridized carbons (Fsp3) is 0.217. The van der Waals surface area contributed by atoms with Crippen molar-refractivity contribution in [3.05, 3.63) is 65.7 Å². The number of nitrogens with one attached hydrogen (secondary N) is 1. The van der Waals surface area contributed by atoms with Crippen molar-refractivity contribution in [2.45, 2.75) is 18.3 Å². The second-order valence-corrected chi connectivity index (χ2v) is 7.78. The lowest BCUT2D eigenvalue weighted by Gasteiger charge is -2.15. The quantitative estimate of drug-likeness (QED) is 0.442. The van der Waals surface area contributed by atoms with Gasteiger partial charge in [0.05, 0.1) is 29.4 Å². The molecular weight excluding hydrogens is 418 g/mol. The van der Waals surface area contributed by atoms with E-state index in [0.29, 0.717) is 21.9 Å². The average Bonchev–Trinajstić information content (AvgIpc) is 3.36. The van der Waals surface area contributed by atoms with Crippen LogP contribution < -0.4 is 4.74 Å². The molecule has 3 N–H and O–H groups in total. The fourth-order valence-corrected chi connectivity index (χ4v) is 3.93. The molecule has 0 saturated carbocycles. The van der Waals surface area contributed by atoms with E-state index >= 15 is 0 Å². The normalized spacial score (nSPS) is 20.9. The maximum Gasteiger partial charge on any atom is 0.296 e. The molecule has 0 aliphatic carbocycles. The first-order valence-electron chi connectivity index (χ1n) is 9.91. The van der Waals surface area contributed by atoms with E-state index in [9.17, 15) is 10.2 Å². The van der Waals surface area contributed by atoms with Crippen LogP contribution in [0.2, 0.25) is 5.02 Å². The van der Waals surface area contributed by atoms with Crippen LogP contribution in [0, 0.1) is 0 Å². The van der Waals surface area contributed by atoms with Crippen LogP contribution in [0.25, 0.3) is 33.5 Å². The highest BCUT2D eigenvalue weighted by molar-refractivity contribution is 6.33. The van der Waals surface area contributed by atoms with E-state index in [1.807, 2.05) is 42.5 Å². The van der Waals surface area contributed by atoms with Gasteiger partial charge in [0.2, 0.25) is 0 Å². The molecule has 2 aromatic heterocycles. The van der Waals surface area contributed by atoms with Crippen molar-refractivity contribution in [1.29, 1.82) is 0 Å². The van der Waals surface area contributed by atoms with Crippen LogP contribution in [0.1, 0.15) is 0 Å². The van der Waals surface area contributed by atoms with Crippen LogP contribution in [0.15, 0.2) is 60.7 Å². The molecule has 8 heteroatoms. The third-order valence-electron chi connectivity index (χ3n) is 5.35. The number of aliphatic hydroxyl groups is 2. The summed E-state index contributed by atoms with van der Waals surface area (Å²) in [5.74, 6) is 0. The van der Waals surface area contributed by atoms with Crippen molar-refractivity contribution in [1.82, 2.24) is 15.0 Å². The number of hydrogen-bond acceptors (Lipinski definition) is 6. The van der Waals surface area contributed by atoms with E-state index < -0.39 is 18.3 Å². The number of pyridine rings is 1. The highest BCUT2D eigenvalue weighted by Crippen LogP contribution is 2.31. The van der Waals surface area contributed by atoms with Gasteiger partial charge in [-0.3, -0.25) is 0 Å². The van der Waals surface area contributed by atoms with E-state index in [4.69, 9.17) is 21.1 Å². The first-order valence-corrected chi connectivity index (χ1v) is 10.3. The van der Waals surface area contributed by atoms with E-state index in [1.54, 1.807) is 6.07 Å². The number of aromatic nitrogens is 3. The molecule has 158 valence electrons. The van der Waals surface area contributed by atoms with Crippen LogP contribution in [0.3, 0.4) is 0 Å². The number of aromatic amines is 1. The van der Waals surface area contributed by atoms with Crippen molar-refractivity contribution in [2.24, 2.45) is 0 Å². The Morgan fingerprint density at radius 1 is 1.03 bits per heavy atom. The largest absolute Gasteiger partial charge is 0.456 e. The molecule has 7 nitrogen and oxygen atoms in total. The molecule has 0 spiro atoms. The SMILES string of the molecule is OC[C@H]1OCC(Oc2nc3nc(-c4ccc(-c5ccccc5)cc4)c(Cl)cc3[nH]2)[C@@H]1O. The lowest BCUT2D eigenvalue weighted by atomic mass is 10.0. The van der Waals surface area contributed by atoms with Gasteiger partial charge in [-0.15, -0.1) is 0 Å². The van der Waals surface area contributed by atoms with Gasteiger partial charge in [-0.1, -0.05) is 66.2 Å². The highest BCUT2D eigenvalue weighted by Gasteiger charge is 2.37. The molecule has 1 fully saturated rings. The number of nitrogens with zero attached hydrogens (tertiary/aromatic N) is 2. The number of H-pyrrole nitrogens is 1. The van der Waals surface area contributed by atoms with Crippen molar-refractivity contribution in [3.63, 3.8) is 0 Å². The summed E-state index contributed by atoms with van der Waals surface area (Å²) in [7, 11) is 0. The first kappa shape index (κ1) is 20.0. The molecule has 1 unspecified atom stereocenters. The summed E-state index contributed by atoms with van der Waals surface area (Å²) in [6.45, 7) is -0.110. The number of aliphatic hydroxyl groups excluding tert-OH is 2. The van der Waals surface area contributed by atoms with Crippen LogP contribution in [0.4, 0.5) is 0 Å². The Hall–Kier alpha value is -2.97. The molecule has 1 aliphatic heterocycles. The molecule has 0 amide bonds. The molecule has 0 radical (unpaired) electrons. The molecule has 5 rings (SSSR count). The average molecular weight is 438 g/mol. The molecular formula is C23H20ClN3O4. The smallest absolute Gasteiger partial charge is 0.296 e. The van der Waals surface area contributed by atoms with Crippen molar-refractivity contribution >= 4 is 22.8 Å². The Bertz CT molecular complexity index is 1200. The third kappa shape index (κ3) is 3.88. The molecule has 1 saturated heterocycles. The molecule has 3 heterocycles. The standard InChI is InChI=1S/C23H20ClN3O4/c24-16-10-17-22(27-23(25-17)31-19-12-30-18(11-28)21(19)29)26-20(16)15-8-6-14(7-9-15)13-4-2-1-3-5-13/h1-10,18-19,21,28-29H,11-12H2,(H,25,26,27)/t18-,19?,21-/m1/s1. The second kappa shape index (κ2) is 8.28.